The molecule has 0 aromatic carbocycles. The third kappa shape index (κ3) is 2.03. The van der Waals surface area contributed by atoms with Crippen LogP contribution in [0.2, 0.25) is 0 Å². The van der Waals surface area contributed by atoms with Crippen molar-refractivity contribution >= 4 is 0 Å². The molecule has 0 spiro atoms. The van der Waals surface area contributed by atoms with Crippen molar-refractivity contribution in [3.8, 4) is 0 Å². The average molecular weight is 164 g/mol. The number of nitrogens with zero attached hydrogens (tertiary/aromatic N) is 2. The summed E-state index contributed by atoms with van der Waals surface area (Å²) in [5.74, 6) is 0. The molecule has 0 amide bonds. The van der Waals surface area contributed by atoms with Crippen molar-refractivity contribution in [2.24, 2.45) is 0 Å². The highest BCUT2D eigenvalue weighted by molar-refractivity contribution is 5.18. The Hall–Kier alpha value is -0.920. The fraction of sp³-hybridized carbons (Fsp3) is 0.600. The molecular formula is C10H16N2. The highest BCUT2D eigenvalue weighted by atomic mass is 15.1. The van der Waals surface area contributed by atoms with E-state index in [0.717, 1.165) is 12.1 Å². The van der Waals surface area contributed by atoms with E-state index in [9.17, 15) is 0 Å². The Morgan fingerprint density at radius 2 is 2.00 bits per heavy atom. The van der Waals surface area contributed by atoms with Crippen molar-refractivity contribution in [3.05, 3.63) is 23.5 Å². The number of rotatable bonds is 1. The summed E-state index contributed by atoms with van der Waals surface area (Å²) < 4.78 is 0. The molecule has 0 bridgehead atoms. The summed E-state index contributed by atoms with van der Waals surface area (Å²) in [6, 6.07) is 2.13. The van der Waals surface area contributed by atoms with Gasteiger partial charge in [0.1, 0.15) is 0 Å². The molecule has 0 fully saturated rings. The molecule has 0 unspecified atom stereocenters. The van der Waals surface area contributed by atoms with Crippen molar-refractivity contribution in [1.29, 1.82) is 0 Å². The van der Waals surface area contributed by atoms with Gasteiger partial charge in [-0.2, -0.15) is 10.2 Å². The second-order valence-electron chi connectivity index (χ2n) is 4.05. The predicted molar refractivity (Wildman–Crippen MR) is 50.1 cm³/mol. The zero-order valence-electron chi connectivity index (χ0n) is 8.26. The molecule has 66 valence electrons. The largest absolute Gasteiger partial charge is 0.159 e. The van der Waals surface area contributed by atoms with Crippen LogP contribution in [0.1, 0.15) is 39.0 Å². The standard InChI is InChI=1S/C10H16N2/c1-5-8-6-9(10(2,3)4)12-11-7-8/h6-7H,5H2,1-4H3. The van der Waals surface area contributed by atoms with Gasteiger partial charge in [0.05, 0.1) is 11.9 Å². The zero-order valence-corrected chi connectivity index (χ0v) is 8.26. The first-order valence-corrected chi connectivity index (χ1v) is 4.36. The number of hydrogen-bond donors (Lipinski definition) is 0. The average Bonchev–Trinajstić information content (AvgIpc) is 2.03. The third-order valence-electron chi connectivity index (χ3n) is 1.89. The van der Waals surface area contributed by atoms with Crippen LogP contribution in [0.4, 0.5) is 0 Å². The van der Waals surface area contributed by atoms with Gasteiger partial charge in [-0.05, 0) is 18.1 Å². The van der Waals surface area contributed by atoms with E-state index in [1.807, 2.05) is 6.20 Å². The minimum Gasteiger partial charge on any atom is -0.159 e. The van der Waals surface area contributed by atoms with Crippen molar-refractivity contribution in [3.63, 3.8) is 0 Å². The highest BCUT2D eigenvalue weighted by Crippen LogP contribution is 2.19. The summed E-state index contributed by atoms with van der Waals surface area (Å²) in [6.45, 7) is 8.58. The fourth-order valence-corrected chi connectivity index (χ4v) is 0.967. The maximum atomic E-state index is 4.11. The second-order valence-corrected chi connectivity index (χ2v) is 4.05. The van der Waals surface area contributed by atoms with E-state index in [4.69, 9.17) is 0 Å². The van der Waals surface area contributed by atoms with Gasteiger partial charge in [0.2, 0.25) is 0 Å². The van der Waals surface area contributed by atoms with Crippen LogP contribution in [0.25, 0.3) is 0 Å². The topological polar surface area (TPSA) is 25.8 Å². The molecule has 1 heterocycles. The van der Waals surface area contributed by atoms with E-state index in [0.29, 0.717) is 0 Å². The first-order valence-electron chi connectivity index (χ1n) is 4.36. The minimum absolute atomic E-state index is 0.109. The van der Waals surface area contributed by atoms with Crippen molar-refractivity contribution in [2.75, 3.05) is 0 Å². The summed E-state index contributed by atoms with van der Waals surface area (Å²) in [4.78, 5) is 0. The van der Waals surface area contributed by atoms with Gasteiger partial charge in [-0.25, -0.2) is 0 Å². The summed E-state index contributed by atoms with van der Waals surface area (Å²) in [7, 11) is 0. The summed E-state index contributed by atoms with van der Waals surface area (Å²) >= 11 is 0. The maximum Gasteiger partial charge on any atom is 0.0687 e. The third-order valence-corrected chi connectivity index (χ3v) is 1.89. The molecule has 0 saturated heterocycles. The van der Waals surface area contributed by atoms with Crippen molar-refractivity contribution < 1.29 is 0 Å². The van der Waals surface area contributed by atoms with Crippen LogP contribution in [-0.4, -0.2) is 10.2 Å². The Morgan fingerprint density at radius 1 is 1.33 bits per heavy atom. The molecule has 0 atom stereocenters. The molecule has 2 heteroatoms. The molecule has 0 radical (unpaired) electrons. The van der Waals surface area contributed by atoms with Crippen molar-refractivity contribution in [2.45, 2.75) is 39.5 Å². The summed E-state index contributed by atoms with van der Waals surface area (Å²) in [5, 5.41) is 8.08. The molecule has 1 rings (SSSR count). The molecular weight excluding hydrogens is 148 g/mol. The van der Waals surface area contributed by atoms with Gasteiger partial charge in [-0.3, -0.25) is 0 Å². The van der Waals surface area contributed by atoms with Gasteiger partial charge in [-0.15, -0.1) is 0 Å². The van der Waals surface area contributed by atoms with E-state index in [1.54, 1.807) is 0 Å². The quantitative estimate of drug-likeness (QED) is 0.636. The molecule has 0 aliphatic rings. The molecule has 0 aliphatic carbocycles. The van der Waals surface area contributed by atoms with Crippen LogP contribution < -0.4 is 0 Å². The molecule has 0 saturated carbocycles. The smallest absolute Gasteiger partial charge is 0.0687 e. The van der Waals surface area contributed by atoms with Gasteiger partial charge in [-0.1, -0.05) is 27.7 Å². The monoisotopic (exact) mass is 164 g/mol. The summed E-state index contributed by atoms with van der Waals surface area (Å²) in [5.41, 5.74) is 2.44. The Balaban J connectivity index is 3.02. The highest BCUT2D eigenvalue weighted by Gasteiger charge is 2.15. The Labute approximate surface area is 74.0 Å². The number of aromatic nitrogens is 2. The van der Waals surface area contributed by atoms with Crippen LogP contribution in [0, 0.1) is 0 Å². The molecule has 0 N–H and O–H groups in total. The van der Waals surface area contributed by atoms with E-state index >= 15 is 0 Å². The Bertz CT molecular complexity index is 261. The summed E-state index contributed by atoms with van der Waals surface area (Å²) in [6.07, 6.45) is 2.86. The molecule has 12 heavy (non-hydrogen) atoms. The molecule has 1 aromatic rings. The molecule has 0 aliphatic heterocycles. The van der Waals surface area contributed by atoms with Gasteiger partial charge >= 0.3 is 0 Å². The van der Waals surface area contributed by atoms with Crippen LogP contribution in [-0.2, 0) is 11.8 Å². The van der Waals surface area contributed by atoms with E-state index < -0.39 is 0 Å². The van der Waals surface area contributed by atoms with Gasteiger partial charge in [0.15, 0.2) is 0 Å². The van der Waals surface area contributed by atoms with Gasteiger partial charge in [0, 0.05) is 5.41 Å². The van der Waals surface area contributed by atoms with E-state index in [2.05, 4.69) is 44.0 Å². The van der Waals surface area contributed by atoms with Crippen LogP contribution in [0.15, 0.2) is 12.3 Å². The number of hydrogen-bond acceptors (Lipinski definition) is 2. The normalized spacial score (nSPS) is 11.7. The SMILES string of the molecule is CCc1cnnc(C(C)(C)C)c1. The van der Waals surface area contributed by atoms with E-state index in [-0.39, 0.29) is 5.41 Å². The van der Waals surface area contributed by atoms with E-state index in [1.165, 1.54) is 5.56 Å². The van der Waals surface area contributed by atoms with Crippen molar-refractivity contribution in [1.82, 2.24) is 10.2 Å². The first kappa shape index (κ1) is 9.17. The second kappa shape index (κ2) is 3.21. The van der Waals surface area contributed by atoms with Crippen LogP contribution in [0.5, 0.6) is 0 Å². The van der Waals surface area contributed by atoms with Gasteiger partial charge in [0.25, 0.3) is 0 Å². The Morgan fingerprint density at radius 3 is 2.50 bits per heavy atom. The zero-order chi connectivity index (χ0) is 9.19. The lowest BCUT2D eigenvalue weighted by Crippen LogP contribution is -2.14. The Kier molecular flexibility index (Phi) is 2.46. The lowest BCUT2D eigenvalue weighted by Gasteiger charge is -2.16. The molecule has 1 aromatic heterocycles. The minimum atomic E-state index is 0.109. The predicted octanol–water partition coefficient (Wildman–Crippen LogP) is 2.34. The fourth-order valence-electron chi connectivity index (χ4n) is 0.967. The maximum absolute atomic E-state index is 4.11. The lowest BCUT2D eigenvalue weighted by atomic mass is 9.91. The van der Waals surface area contributed by atoms with Crippen LogP contribution in [0.3, 0.4) is 0 Å². The lowest BCUT2D eigenvalue weighted by molar-refractivity contribution is 0.557. The van der Waals surface area contributed by atoms with Crippen LogP contribution >= 0.6 is 0 Å². The number of aryl methyl sites for hydroxylation is 1. The molecule has 2 nitrogen and oxygen atoms in total. The van der Waals surface area contributed by atoms with Gasteiger partial charge < -0.3 is 0 Å². The first-order chi connectivity index (χ1) is 5.54.